The fourth-order valence-electron chi connectivity index (χ4n) is 1.37. The van der Waals surface area contributed by atoms with Crippen molar-refractivity contribution in [3.63, 3.8) is 0 Å². The first-order chi connectivity index (χ1) is 8.20. The summed E-state index contributed by atoms with van der Waals surface area (Å²) in [5.41, 5.74) is 0.369. The molecular formula is C13H19NO3S. The number of nitrogens with one attached hydrogen (secondary N) is 1. The lowest BCUT2D eigenvalue weighted by atomic mass is 10.1. The van der Waals surface area contributed by atoms with Gasteiger partial charge in [-0.05, 0) is 51.6 Å². The average molecular weight is 269 g/mol. The highest BCUT2D eigenvalue weighted by atomic mass is 32.1. The Hall–Kier alpha value is -1.36. The van der Waals surface area contributed by atoms with Crippen molar-refractivity contribution >= 4 is 23.2 Å². The molecule has 0 spiro atoms. The van der Waals surface area contributed by atoms with Crippen molar-refractivity contribution in [3.8, 4) is 0 Å². The van der Waals surface area contributed by atoms with Crippen LogP contribution in [-0.2, 0) is 4.74 Å². The van der Waals surface area contributed by atoms with E-state index in [2.05, 4.69) is 5.32 Å². The van der Waals surface area contributed by atoms with Crippen LogP contribution in [0.25, 0.3) is 0 Å². The van der Waals surface area contributed by atoms with Crippen molar-refractivity contribution in [1.82, 2.24) is 5.32 Å². The summed E-state index contributed by atoms with van der Waals surface area (Å²) in [6, 6.07) is 1.30. The summed E-state index contributed by atoms with van der Waals surface area (Å²) in [4.78, 5) is 24.3. The Labute approximate surface area is 111 Å². The molecule has 1 N–H and O–H groups in total. The summed E-state index contributed by atoms with van der Waals surface area (Å²) < 4.78 is 5.11. The molecule has 5 heteroatoms. The highest BCUT2D eigenvalue weighted by Crippen LogP contribution is 2.17. The molecule has 0 saturated carbocycles. The van der Waals surface area contributed by atoms with Gasteiger partial charge in [-0.25, -0.2) is 4.79 Å². The van der Waals surface area contributed by atoms with E-state index in [1.807, 2.05) is 18.4 Å². The van der Waals surface area contributed by atoms with Gasteiger partial charge in [-0.3, -0.25) is 4.79 Å². The number of thiophene rings is 1. The van der Waals surface area contributed by atoms with E-state index in [0.717, 1.165) is 5.56 Å². The van der Waals surface area contributed by atoms with E-state index in [4.69, 9.17) is 4.74 Å². The maximum Gasteiger partial charge on any atom is 0.408 e. The zero-order valence-electron chi connectivity index (χ0n) is 11.4. The lowest BCUT2D eigenvalue weighted by Gasteiger charge is -2.21. The maximum absolute atomic E-state index is 12.1. The van der Waals surface area contributed by atoms with Crippen molar-refractivity contribution < 1.29 is 14.3 Å². The molecule has 0 fully saturated rings. The maximum atomic E-state index is 12.1. The standard InChI is InChI=1S/C13H19NO3S/c1-8-6-7-18-11(8)10(15)9(2)14-12(16)17-13(3,4)5/h6-7,9H,1-5H3,(H,14,16)/t9-/m0/s1. The number of rotatable bonds is 3. The van der Waals surface area contributed by atoms with Crippen molar-refractivity contribution in [1.29, 1.82) is 0 Å². The van der Waals surface area contributed by atoms with E-state index < -0.39 is 17.7 Å². The number of ketones is 1. The first-order valence-corrected chi connectivity index (χ1v) is 6.66. The van der Waals surface area contributed by atoms with Gasteiger partial charge in [0.2, 0.25) is 0 Å². The molecule has 0 aliphatic heterocycles. The lowest BCUT2D eigenvalue weighted by molar-refractivity contribution is 0.0497. The van der Waals surface area contributed by atoms with E-state index in [1.165, 1.54) is 11.3 Å². The van der Waals surface area contributed by atoms with Crippen LogP contribution in [0.1, 0.15) is 42.9 Å². The smallest absolute Gasteiger partial charge is 0.408 e. The molecular weight excluding hydrogens is 250 g/mol. The van der Waals surface area contributed by atoms with E-state index >= 15 is 0 Å². The summed E-state index contributed by atoms with van der Waals surface area (Å²) in [7, 11) is 0. The van der Waals surface area contributed by atoms with Gasteiger partial charge in [-0.2, -0.15) is 0 Å². The molecule has 0 saturated heterocycles. The van der Waals surface area contributed by atoms with Crippen LogP contribution in [0.4, 0.5) is 4.79 Å². The van der Waals surface area contributed by atoms with Crippen LogP contribution in [-0.4, -0.2) is 23.5 Å². The van der Waals surface area contributed by atoms with Gasteiger partial charge in [0.05, 0.1) is 10.9 Å². The molecule has 1 aromatic rings. The Balaban J connectivity index is 2.61. The summed E-state index contributed by atoms with van der Waals surface area (Å²) in [6.07, 6.45) is -0.572. The number of carbonyl (C=O) groups is 2. The molecule has 100 valence electrons. The minimum Gasteiger partial charge on any atom is -0.444 e. The Morgan fingerprint density at radius 3 is 2.44 bits per heavy atom. The van der Waals surface area contributed by atoms with Gasteiger partial charge in [-0.15, -0.1) is 11.3 Å². The molecule has 1 aromatic heterocycles. The van der Waals surface area contributed by atoms with Gasteiger partial charge in [0.25, 0.3) is 0 Å². The first kappa shape index (κ1) is 14.7. The third-order valence-electron chi connectivity index (χ3n) is 2.21. The molecule has 1 rings (SSSR count). The number of amides is 1. The van der Waals surface area contributed by atoms with E-state index in [0.29, 0.717) is 4.88 Å². The third kappa shape index (κ3) is 4.14. The van der Waals surface area contributed by atoms with Gasteiger partial charge in [-0.1, -0.05) is 0 Å². The van der Waals surface area contributed by atoms with Gasteiger partial charge in [0.1, 0.15) is 5.60 Å². The molecule has 4 nitrogen and oxygen atoms in total. The fraction of sp³-hybridized carbons (Fsp3) is 0.538. The second kappa shape index (κ2) is 5.52. The molecule has 0 aromatic carbocycles. The summed E-state index contributed by atoms with van der Waals surface area (Å²) in [6.45, 7) is 8.88. The minimum absolute atomic E-state index is 0.0895. The Morgan fingerprint density at radius 1 is 1.39 bits per heavy atom. The zero-order chi connectivity index (χ0) is 13.9. The quantitative estimate of drug-likeness (QED) is 0.858. The molecule has 0 aliphatic carbocycles. The van der Waals surface area contributed by atoms with Gasteiger partial charge < -0.3 is 10.1 Å². The molecule has 1 heterocycles. The van der Waals surface area contributed by atoms with Crippen molar-refractivity contribution in [2.24, 2.45) is 0 Å². The minimum atomic E-state index is -0.586. The number of ether oxygens (including phenoxy) is 1. The highest BCUT2D eigenvalue weighted by molar-refractivity contribution is 7.12. The average Bonchev–Trinajstić information content (AvgIpc) is 2.60. The molecule has 0 unspecified atom stereocenters. The van der Waals surface area contributed by atoms with E-state index in [-0.39, 0.29) is 5.78 Å². The van der Waals surface area contributed by atoms with Crippen LogP contribution in [0.5, 0.6) is 0 Å². The largest absolute Gasteiger partial charge is 0.444 e. The molecule has 0 radical (unpaired) electrons. The lowest BCUT2D eigenvalue weighted by Crippen LogP contribution is -2.41. The Morgan fingerprint density at radius 2 is 2.00 bits per heavy atom. The zero-order valence-corrected chi connectivity index (χ0v) is 12.2. The van der Waals surface area contributed by atoms with E-state index in [9.17, 15) is 9.59 Å². The number of hydrogen-bond donors (Lipinski definition) is 1. The summed E-state index contributed by atoms with van der Waals surface area (Å²) >= 11 is 1.38. The number of Topliss-reactive ketones (excluding diaryl/α,β-unsaturated/α-hetero) is 1. The number of carbonyl (C=O) groups excluding carboxylic acids is 2. The molecule has 0 aliphatic rings. The number of aryl methyl sites for hydroxylation is 1. The molecule has 1 atom stereocenters. The fourth-order valence-corrected chi connectivity index (χ4v) is 2.33. The van der Waals surface area contributed by atoms with Gasteiger partial charge in [0.15, 0.2) is 5.78 Å². The van der Waals surface area contributed by atoms with Crippen LogP contribution >= 0.6 is 11.3 Å². The van der Waals surface area contributed by atoms with Gasteiger partial charge in [0, 0.05) is 0 Å². The van der Waals surface area contributed by atoms with Crippen LogP contribution in [0, 0.1) is 6.92 Å². The first-order valence-electron chi connectivity index (χ1n) is 5.78. The van der Waals surface area contributed by atoms with Crippen LogP contribution in [0.15, 0.2) is 11.4 Å². The van der Waals surface area contributed by atoms with Crippen LogP contribution in [0.3, 0.4) is 0 Å². The second-order valence-corrected chi connectivity index (χ2v) is 6.08. The van der Waals surface area contributed by atoms with Crippen LogP contribution < -0.4 is 5.32 Å². The summed E-state index contributed by atoms with van der Waals surface area (Å²) in [5.74, 6) is -0.0895. The van der Waals surface area contributed by atoms with Crippen molar-refractivity contribution in [2.45, 2.75) is 46.3 Å². The van der Waals surface area contributed by atoms with E-state index in [1.54, 1.807) is 27.7 Å². The number of hydrogen-bond acceptors (Lipinski definition) is 4. The summed E-state index contributed by atoms with van der Waals surface area (Å²) in [5, 5.41) is 4.41. The molecule has 1 amide bonds. The monoisotopic (exact) mass is 269 g/mol. The highest BCUT2D eigenvalue weighted by Gasteiger charge is 2.23. The Kier molecular flexibility index (Phi) is 4.51. The SMILES string of the molecule is Cc1ccsc1C(=O)[C@H](C)NC(=O)OC(C)(C)C. The van der Waals surface area contributed by atoms with Gasteiger partial charge >= 0.3 is 6.09 Å². The molecule has 18 heavy (non-hydrogen) atoms. The predicted molar refractivity (Wildman–Crippen MR) is 72.2 cm³/mol. The van der Waals surface area contributed by atoms with Crippen molar-refractivity contribution in [2.75, 3.05) is 0 Å². The Bertz CT molecular complexity index is 445. The topological polar surface area (TPSA) is 55.4 Å². The van der Waals surface area contributed by atoms with Crippen molar-refractivity contribution in [3.05, 3.63) is 21.9 Å². The normalized spacial score (nSPS) is 12.9. The second-order valence-electron chi connectivity index (χ2n) is 5.16. The molecule has 0 bridgehead atoms. The predicted octanol–water partition coefficient (Wildman–Crippen LogP) is 3.15. The third-order valence-corrected chi connectivity index (χ3v) is 3.24. The number of alkyl carbamates (subject to hydrolysis) is 1. The van der Waals surface area contributed by atoms with Crippen LogP contribution in [0.2, 0.25) is 0 Å².